The molecule has 0 aliphatic heterocycles. The van der Waals surface area contributed by atoms with Gasteiger partial charge in [-0.2, -0.15) is 0 Å². The SMILES string of the molecule is Cc1cc(=O)c2cc(Br)cc(C=O)c2o1. The van der Waals surface area contributed by atoms with Gasteiger partial charge in [-0.05, 0) is 19.1 Å². The van der Waals surface area contributed by atoms with Crippen molar-refractivity contribution in [2.45, 2.75) is 6.92 Å². The first-order chi connectivity index (χ1) is 7.11. The summed E-state index contributed by atoms with van der Waals surface area (Å²) in [5.74, 6) is 0.498. The summed E-state index contributed by atoms with van der Waals surface area (Å²) in [6, 6.07) is 4.68. The monoisotopic (exact) mass is 266 g/mol. The van der Waals surface area contributed by atoms with Gasteiger partial charge in [0.2, 0.25) is 0 Å². The molecule has 3 nitrogen and oxygen atoms in total. The fourth-order valence-corrected chi connectivity index (χ4v) is 1.93. The second kappa shape index (κ2) is 3.62. The summed E-state index contributed by atoms with van der Waals surface area (Å²) in [5, 5.41) is 0.414. The summed E-state index contributed by atoms with van der Waals surface area (Å²) >= 11 is 3.24. The third-order valence-electron chi connectivity index (χ3n) is 2.07. The van der Waals surface area contributed by atoms with E-state index in [1.807, 2.05) is 0 Å². The normalized spacial score (nSPS) is 10.5. The topological polar surface area (TPSA) is 47.3 Å². The van der Waals surface area contributed by atoms with Crippen molar-refractivity contribution in [3.05, 3.63) is 44.2 Å². The van der Waals surface area contributed by atoms with Gasteiger partial charge in [-0.25, -0.2) is 0 Å². The van der Waals surface area contributed by atoms with Gasteiger partial charge in [-0.1, -0.05) is 15.9 Å². The standard InChI is InChI=1S/C11H7BrO3/c1-6-2-10(14)9-4-8(12)3-7(5-13)11(9)15-6/h2-5H,1H3. The predicted molar refractivity (Wildman–Crippen MR) is 60.3 cm³/mol. The van der Waals surface area contributed by atoms with Gasteiger partial charge in [-0.15, -0.1) is 0 Å². The molecule has 0 N–H and O–H groups in total. The second-order valence-electron chi connectivity index (χ2n) is 3.21. The van der Waals surface area contributed by atoms with E-state index in [2.05, 4.69) is 15.9 Å². The highest BCUT2D eigenvalue weighted by atomic mass is 79.9. The van der Waals surface area contributed by atoms with E-state index in [9.17, 15) is 9.59 Å². The maximum atomic E-state index is 11.6. The zero-order valence-corrected chi connectivity index (χ0v) is 9.50. The van der Waals surface area contributed by atoms with Crippen LogP contribution in [0.25, 0.3) is 11.0 Å². The molecule has 0 unspecified atom stereocenters. The van der Waals surface area contributed by atoms with Gasteiger partial charge in [0.1, 0.15) is 11.3 Å². The Morgan fingerprint density at radius 3 is 2.73 bits per heavy atom. The molecule has 1 aromatic heterocycles. The molecule has 0 aliphatic carbocycles. The van der Waals surface area contributed by atoms with Crippen LogP contribution in [0.3, 0.4) is 0 Å². The first-order valence-electron chi connectivity index (χ1n) is 4.31. The molecule has 0 bridgehead atoms. The number of aryl methyl sites for hydroxylation is 1. The van der Waals surface area contributed by atoms with Crippen molar-refractivity contribution in [1.82, 2.24) is 0 Å². The average Bonchev–Trinajstić information content (AvgIpc) is 2.18. The Labute approximate surface area is 93.8 Å². The first-order valence-corrected chi connectivity index (χ1v) is 5.10. The number of rotatable bonds is 1. The van der Waals surface area contributed by atoms with Gasteiger partial charge in [0, 0.05) is 10.5 Å². The largest absolute Gasteiger partial charge is 0.460 e. The summed E-state index contributed by atoms with van der Waals surface area (Å²) in [4.78, 5) is 22.4. The van der Waals surface area contributed by atoms with Gasteiger partial charge in [-0.3, -0.25) is 9.59 Å². The minimum Gasteiger partial charge on any atom is -0.460 e. The lowest BCUT2D eigenvalue weighted by Crippen LogP contribution is -2.02. The Morgan fingerprint density at radius 2 is 2.07 bits per heavy atom. The maximum absolute atomic E-state index is 11.6. The Bertz CT molecular complexity index is 599. The van der Waals surface area contributed by atoms with E-state index in [1.165, 1.54) is 6.07 Å². The second-order valence-corrected chi connectivity index (χ2v) is 4.13. The van der Waals surface area contributed by atoms with E-state index in [4.69, 9.17) is 4.42 Å². The van der Waals surface area contributed by atoms with Crippen molar-refractivity contribution in [3.63, 3.8) is 0 Å². The number of benzene rings is 1. The van der Waals surface area contributed by atoms with Crippen LogP contribution in [-0.2, 0) is 0 Å². The maximum Gasteiger partial charge on any atom is 0.193 e. The summed E-state index contributed by atoms with van der Waals surface area (Å²) in [6.45, 7) is 1.68. The van der Waals surface area contributed by atoms with Crippen molar-refractivity contribution in [2.24, 2.45) is 0 Å². The van der Waals surface area contributed by atoms with E-state index in [1.54, 1.807) is 19.1 Å². The molecule has 1 heterocycles. The highest BCUT2D eigenvalue weighted by Gasteiger charge is 2.08. The molecular weight excluding hydrogens is 260 g/mol. The zero-order valence-electron chi connectivity index (χ0n) is 7.91. The minimum atomic E-state index is -0.141. The number of hydrogen-bond donors (Lipinski definition) is 0. The van der Waals surface area contributed by atoms with Gasteiger partial charge < -0.3 is 4.42 Å². The molecular formula is C11H7BrO3. The van der Waals surface area contributed by atoms with E-state index < -0.39 is 0 Å². The molecule has 2 aromatic rings. The molecule has 2 rings (SSSR count). The molecule has 0 fully saturated rings. The lowest BCUT2D eigenvalue weighted by molar-refractivity contribution is 0.112. The fraction of sp³-hybridized carbons (Fsp3) is 0.0909. The van der Waals surface area contributed by atoms with Crippen molar-refractivity contribution in [2.75, 3.05) is 0 Å². The molecule has 0 radical (unpaired) electrons. The summed E-state index contributed by atoms with van der Waals surface area (Å²) < 4.78 is 6.06. The van der Waals surface area contributed by atoms with Crippen LogP contribution in [0.5, 0.6) is 0 Å². The number of hydrogen-bond acceptors (Lipinski definition) is 3. The van der Waals surface area contributed by atoms with Gasteiger partial charge in [0.15, 0.2) is 11.7 Å². The third kappa shape index (κ3) is 1.72. The average molecular weight is 267 g/mol. The molecule has 0 amide bonds. The van der Waals surface area contributed by atoms with Gasteiger partial charge in [0.05, 0.1) is 10.9 Å². The highest BCUT2D eigenvalue weighted by Crippen LogP contribution is 2.21. The molecule has 0 aliphatic rings. The lowest BCUT2D eigenvalue weighted by Gasteiger charge is -2.01. The fourth-order valence-electron chi connectivity index (χ4n) is 1.45. The Kier molecular flexibility index (Phi) is 2.44. The summed E-state index contributed by atoms with van der Waals surface area (Å²) in [7, 11) is 0. The van der Waals surface area contributed by atoms with Crippen LogP contribution in [0.4, 0.5) is 0 Å². The molecule has 4 heteroatoms. The molecule has 0 saturated carbocycles. The molecule has 0 saturated heterocycles. The van der Waals surface area contributed by atoms with Crippen LogP contribution >= 0.6 is 15.9 Å². The molecule has 15 heavy (non-hydrogen) atoms. The van der Waals surface area contributed by atoms with Crippen LogP contribution in [0.1, 0.15) is 16.1 Å². The number of carbonyl (C=O) groups excluding carboxylic acids is 1. The van der Waals surface area contributed by atoms with Crippen LogP contribution in [0.2, 0.25) is 0 Å². The molecule has 0 atom stereocenters. The lowest BCUT2D eigenvalue weighted by atomic mass is 10.1. The van der Waals surface area contributed by atoms with E-state index >= 15 is 0 Å². The van der Waals surface area contributed by atoms with Crippen LogP contribution in [0.15, 0.2) is 31.9 Å². The number of halogens is 1. The van der Waals surface area contributed by atoms with Crippen LogP contribution < -0.4 is 5.43 Å². The number of fused-ring (bicyclic) bond motifs is 1. The van der Waals surface area contributed by atoms with Gasteiger partial charge in [0.25, 0.3) is 0 Å². The van der Waals surface area contributed by atoms with Crippen LogP contribution in [0, 0.1) is 6.92 Å². The third-order valence-corrected chi connectivity index (χ3v) is 2.53. The first kappa shape index (κ1) is 10.1. The summed E-state index contributed by atoms with van der Waals surface area (Å²) in [5.41, 5.74) is 0.580. The molecule has 76 valence electrons. The molecule has 0 spiro atoms. The Hall–Kier alpha value is -1.42. The van der Waals surface area contributed by atoms with E-state index in [0.29, 0.717) is 33.1 Å². The van der Waals surface area contributed by atoms with Crippen molar-refractivity contribution in [3.8, 4) is 0 Å². The van der Waals surface area contributed by atoms with E-state index in [0.717, 1.165) is 0 Å². The molecule has 1 aromatic carbocycles. The van der Waals surface area contributed by atoms with Crippen molar-refractivity contribution < 1.29 is 9.21 Å². The number of aldehydes is 1. The predicted octanol–water partition coefficient (Wildman–Crippen LogP) is 2.68. The summed E-state index contributed by atoms with van der Waals surface area (Å²) in [6.07, 6.45) is 0.676. The Morgan fingerprint density at radius 1 is 1.33 bits per heavy atom. The number of carbonyl (C=O) groups is 1. The minimum absolute atomic E-state index is 0.141. The Balaban J connectivity index is 3.02. The highest BCUT2D eigenvalue weighted by molar-refractivity contribution is 9.10. The zero-order chi connectivity index (χ0) is 11.0. The van der Waals surface area contributed by atoms with Gasteiger partial charge >= 0.3 is 0 Å². The quantitative estimate of drug-likeness (QED) is 0.746. The van der Waals surface area contributed by atoms with Crippen molar-refractivity contribution in [1.29, 1.82) is 0 Å². The van der Waals surface area contributed by atoms with E-state index in [-0.39, 0.29) is 5.43 Å². The smallest absolute Gasteiger partial charge is 0.193 e. The van der Waals surface area contributed by atoms with Crippen LogP contribution in [-0.4, -0.2) is 6.29 Å². The van der Waals surface area contributed by atoms with Crippen molar-refractivity contribution >= 4 is 33.2 Å².